The lowest BCUT2D eigenvalue weighted by Gasteiger charge is -2.51. The van der Waals surface area contributed by atoms with Gasteiger partial charge in [-0.05, 0) is 35.9 Å². The number of para-hydroxylation sites is 1. The maximum Gasteiger partial charge on any atom is 0.333 e. The third-order valence-electron chi connectivity index (χ3n) is 7.47. The molecule has 8 heteroatoms. The molecule has 0 aromatic heterocycles. The summed E-state index contributed by atoms with van der Waals surface area (Å²) in [5, 5.41) is 3.36. The predicted octanol–water partition coefficient (Wildman–Crippen LogP) is 3.40. The SMILES string of the molecule is O=C(C[N+]12CCC(CC1)[C@@H](OC(=O)[C@H](Nc1ccccc1)c1ccccc1)C2)c1ccc(Br)cc1Br.[Cl-]. The number of rotatable bonds is 8. The van der Waals surface area contributed by atoms with Crippen LogP contribution in [0.15, 0.2) is 87.8 Å². The van der Waals surface area contributed by atoms with Gasteiger partial charge in [-0.3, -0.25) is 4.79 Å². The summed E-state index contributed by atoms with van der Waals surface area (Å²) in [5.74, 6) is 0.188. The van der Waals surface area contributed by atoms with Gasteiger partial charge in [-0.25, -0.2) is 4.79 Å². The van der Waals surface area contributed by atoms with Crippen LogP contribution in [0, 0.1) is 5.92 Å². The number of nitrogens with zero attached hydrogens (tertiary/aromatic N) is 1. The first-order chi connectivity index (χ1) is 17.4. The average Bonchev–Trinajstić information content (AvgIpc) is 2.88. The van der Waals surface area contributed by atoms with Crippen LogP contribution in [0.5, 0.6) is 0 Å². The molecule has 0 saturated carbocycles. The van der Waals surface area contributed by atoms with Crippen molar-refractivity contribution in [3.8, 4) is 0 Å². The fourth-order valence-electron chi connectivity index (χ4n) is 5.52. The number of fused-ring (bicyclic) bond motifs is 3. The summed E-state index contributed by atoms with van der Waals surface area (Å²) in [6.07, 6.45) is 1.74. The first-order valence-corrected chi connectivity index (χ1v) is 13.9. The smallest absolute Gasteiger partial charge is 0.333 e. The van der Waals surface area contributed by atoms with Gasteiger partial charge < -0.3 is 26.9 Å². The number of esters is 1. The normalized spacial score (nSPS) is 23.0. The number of ketones is 1. The first kappa shape index (κ1) is 27.8. The van der Waals surface area contributed by atoms with Gasteiger partial charge in [0.25, 0.3) is 0 Å². The van der Waals surface area contributed by atoms with E-state index < -0.39 is 6.04 Å². The third kappa shape index (κ3) is 6.45. The van der Waals surface area contributed by atoms with E-state index in [0.717, 1.165) is 46.1 Å². The van der Waals surface area contributed by atoms with Crippen molar-refractivity contribution in [2.75, 3.05) is 31.5 Å². The molecular weight excluding hydrogens is 620 g/mol. The topological polar surface area (TPSA) is 55.4 Å². The van der Waals surface area contributed by atoms with E-state index in [2.05, 4.69) is 37.2 Å². The van der Waals surface area contributed by atoms with Crippen LogP contribution >= 0.6 is 31.9 Å². The summed E-state index contributed by atoms with van der Waals surface area (Å²) >= 11 is 6.99. The fourth-order valence-corrected chi connectivity index (χ4v) is 6.79. The Morgan fingerprint density at radius 1 is 0.946 bits per heavy atom. The zero-order valence-electron chi connectivity index (χ0n) is 20.3. The number of ether oxygens (including phenoxy) is 1. The van der Waals surface area contributed by atoms with E-state index in [-0.39, 0.29) is 30.3 Å². The number of quaternary nitrogens is 1. The van der Waals surface area contributed by atoms with Gasteiger partial charge in [-0.1, -0.05) is 80.4 Å². The number of halogens is 3. The highest BCUT2D eigenvalue weighted by Crippen LogP contribution is 2.37. The second-order valence-corrected chi connectivity index (χ2v) is 11.6. The molecule has 0 unspecified atom stereocenters. The molecule has 6 rings (SSSR count). The molecule has 0 radical (unpaired) electrons. The second kappa shape index (κ2) is 12.1. The van der Waals surface area contributed by atoms with Crippen LogP contribution < -0.4 is 17.7 Å². The lowest BCUT2D eigenvalue weighted by molar-refractivity contribution is -0.938. The number of hydrogen-bond donors (Lipinski definition) is 1. The van der Waals surface area contributed by atoms with Crippen molar-refractivity contribution in [3.63, 3.8) is 0 Å². The Morgan fingerprint density at radius 3 is 2.24 bits per heavy atom. The van der Waals surface area contributed by atoms with Crippen molar-refractivity contribution in [1.82, 2.24) is 0 Å². The molecule has 3 saturated heterocycles. The highest BCUT2D eigenvalue weighted by atomic mass is 79.9. The minimum Gasteiger partial charge on any atom is -1.00 e. The van der Waals surface area contributed by atoms with Crippen molar-refractivity contribution in [2.24, 2.45) is 5.92 Å². The number of anilines is 1. The molecule has 5 nitrogen and oxygen atoms in total. The van der Waals surface area contributed by atoms with Gasteiger partial charge >= 0.3 is 5.97 Å². The van der Waals surface area contributed by atoms with E-state index in [0.29, 0.717) is 29.1 Å². The van der Waals surface area contributed by atoms with Gasteiger partial charge in [-0.2, -0.15) is 0 Å². The van der Waals surface area contributed by atoms with Gasteiger partial charge in [0, 0.05) is 39.0 Å². The molecule has 3 aromatic carbocycles. The van der Waals surface area contributed by atoms with Crippen LogP contribution in [0.25, 0.3) is 0 Å². The molecule has 2 bridgehead atoms. The highest BCUT2D eigenvalue weighted by molar-refractivity contribution is 9.11. The maximum atomic E-state index is 13.5. The molecule has 3 aliphatic rings. The van der Waals surface area contributed by atoms with E-state index in [1.54, 1.807) is 0 Å². The Kier molecular flexibility index (Phi) is 9.11. The molecule has 0 amide bonds. The zero-order chi connectivity index (χ0) is 25.1. The Balaban J connectivity index is 0.00000320. The molecule has 0 spiro atoms. The minimum atomic E-state index is -0.599. The fraction of sp³-hybridized carbons (Fsp3) is 0.310. The van der Waals surface area contributed by atoms with Gasteiger partial charge in [0.05, 0.1) is 13.1 Å². The average molecular weight is 649 g/mol. The lowest BCUT2D eigenvalue weighted by Crippen LogP contribution is -3.00. The number of nitrogens with one attached hydrogen (secondary N) is 1. The summed E-state index contributed by atoms with van der Waals surface area (Å²) in [6.45, 7) is 3.00. The third-order valence-corrected chi connectivity index (χ3v) is 8.62. The van der Waals surface area contributed by atoms with Gasteiger partial charge in [0.15, 0.2) is 12.1 Å². The Bertz CT molecular complexity index is 1230. The predicted molar refractivity (Wildman–Crippen MR) is 148 cm³/mol. The molecule has 194 valence electrons. The van der Waals surface area contributed by atoms with Crippen molar-refractivity contribution < 1.29 is 31.2 Å². The first-order valence-electron chi connectivity index (χ1n) is 12.3. The number of benzene rings is 3. The van der Waals surface area contributed by atoms with E-state index in [9.17, 15) is 9.59 Å². The molecule has 3 aliphatic heterocycles. The molecule has 1 N–H and O–H groups in total. The lowest BCUT2D eigenvalue weighted by atomic mass is 9.82. The monoisotopic (exact) mass is 646 g/mol. The van der Waals surface area contributed by atoms with Crippen molar-refractivity contribution in [2.45, 2.75) is 25.0 Å². The molecule has 3 aromatic rings. The number of piperidine rings is 3. The largest absolute Gasteiger partial charge is 1.00 e. The van der Waals surface area contributed by atoms with Crippen molar-refractivity contribution >= 4 is 49.3 Å². The van der Waals surface area contributed by atoms with Crippen LogP contribution in [0.1, 0.15) is 34.8 Å². The Hall–Kier alpha value is -2.19. The highest BCUT2D eigenvalue weighted by Gasteiger charge is 2.49. The van der Waals surface area contributed by atoms with Gasteiger partial charge in [0.1, 0.15) is 13.1 Å². The van der Waals surface area contributed by atoms with Crippen molar-refractivity contribution in [3.05, 3.63) is 98.9 Å². The van der Waals surface area contributed by atoms with E-state index in [4.69, 9.17) is 4.74 Å². The number of carbonyl (C=O) groups is 2. The molecular formula is C29H29Br2ClN2O3. The van der Waals surface area contributed by atoms with Gasteiger partial charge in [0.2, 0.25) is 5.78 Å². The molecule has 37 heavy (non-hydrogen) atoms. The zero-order valence-corrected chi connectivity index (χ0v) is 24.2. The van der Waals surface area contributed by atoms with Crippen LogP contribution in [-0.4, -0.2) is 48.5 Å². The maximum absolute atomic E-state index is 13.5. The summed E-state index contributed by atoms with van der Waals surface area (Å²) in [7, 11) is 0. The molecule has 2 atom stereocenters. The second-order valence-electron chi connectivity index (χ2n) is 9.84. The number of Topliss-reactive ketones (excluding diaryl/α,β-unsaturated/α-hetero) is 1. The molecule has 3 fully saturated rings. The van der Waals surface area contributed by atoms with Crippen LogP contribution in [0.4, 0.5) is 5.69 Å². The summed E-state index contributed by atoms with van der Waals surface area (Å²) < 4.78 is 8.63. The Labute approximate surface area is 240 Å². The van der Waals surface area contributed by atoms with E-state index >= 15 is 0 Å². The molecule has 3 heterocycles. The summed E-state index contributed by atoms with van der Waals surface area (Å²) in [6, 6.07) is 24.5. The van der Waals surface area contributed by atoms with Crippen molar-refractivity contribution in [1.29, 1.82) is 0 Å². The molecule has 0 aliphatic carbocycles. The van der Waals surface area contributed by atoms with E-state index in [1.807, 2.05) is 78.9 Å². The number of carbonyl (C=O) groups excluding carboxylic acids is 2. The number of hydrogen-bond acceptors (Lipinski definition) is 4. The minimum absolute atomic E-state index is 0. The van der Waals surface area contributed by atoms with Crippen LogP contribution in [0.2, 0.25) is 0 Å². The van der Waals surface area contributed by atoms with Gasteiger partial charge in [-0.15, -0.1) is 0 Å². The van der Waals surface area contributed by atoms with Crippen LogP contribution in [0.3, 0.4) is 0 Å². The Morgan fingerprint density at radius 2 is 1.59 bits per heavy atom. The van der Waals surface area contributed by atoms with Crippen LogP contribution in [-0.2, 0) is 9.53 Å². The standard InChI is InChI=1S/C29H29Br2N2O3.ClH/c30-22-11-12-24(25(31)17-22)26(34)18-33-15-13-20(14-16-33)27(19-33)36-29(35)28(21-7-3-1-4-8-21)32-23-9-5-2-6-10-23;/h1-12,17,20,27-28,32H,13-16,18-19H2;1H/q+1;/p-1/t20?,27-,28+,33?;/m0./s1. The van der Waals surface area contributed by atoms with E-state index in [1.165, 1.54) is 0 Å². The summed E-state index contributed by atoms with van der Waals surface area (Å²) in [5.41, 5.74) is 2.43. The quantitative estimate of drug-likeness (QED) is 0.231. The summed E-state index contributed by atoms with van der Waals surface area (Å²) in [4.78, 5) is 26.8.